The average molecular weight is 375 g/mol. The summed E-state index contributed by atoms with van der Waals surface area (Å²) in [5.41, 5.74) is 14.0. The molecule has 0 aromatic heterocycles. The summed E-state index contributed by atoms with van der Waals surface area (Å²) in [5, 5.41) is 3.21. The maximum absolute atomic E-state index is 13.5. The molecule has 4 nitrogen and oxygen atoms in total. The Morgan fingerprint density at radius 3 is 2.48 bits per heavy atom. The molecule has 142 valence electrons. The molecule has 0 radical (unpaired) electrons. The highest BCUT2D eigenvalue weighted by Crippen LogP contribution is 2.33. The number of anilines is 1. The molecule has 0 spiro atoms. The Balaban J connectivity index is 1.67. The highest BCUT2D eigenvalue weighted by atomic mass is 19.2. The van der Waals surface area contributed by atoms with Crippen molar-refractivity contribution < 1.29 is 18.0 Å². The molecule has 0 unspecified atom stereocenters. The van der Waals surface area contributed by atoms with E-state index in [1.54, 1.807) is 18.2 Å². The normalized spacial score (nSPS) is 19.5. The summed E-state index contributed by atoms with van der Waals surface area (Å²) >= 11 is 0. The van der Waals surface area contributed by atoms with Gasteiger partial charge in [-0.3, -0.25) is 4.79 Å². The second kappa shape index (κ2) is 7.84. The summed E-state index contributed by atoms with van der Waals surface area (Å²) in [4.78, 5) is 11.2. The molecule has 7 heteroatoms. The zero-order valence-corrected chi connectivity index (χ0v) is 14.5. The van der Waals surface area contributed by atoms with Crippen molar-refractivity contribution in [3.8, 4) is 0 Å². The summed E-state index contributed by atoms with van der Waals surface area (Å²) in [6.45, 7) is 0.523. The Morgan fingerprint density at radius 2 is 1.85 bits per heavy atom. The first-order chi connectivity index (χ1) is 12.8. The molecule has 2 atom stereocenters. The molecule has 0 saturated heterocycles. The van der Waals surface area contributed by atoms with Crippen molar-refractivity contribution in [1.29, 1.82) is 0 Å². The van der Waals surface area contributed by atoms with Crippen LogP contribution in [0.3, 0.4) is 0 Å². The Kier molecular flexibility index (Phi) is 5.51. The lowest BCUT2D eigenvalue weighted by Crippen LogP contribution is -2.32. The minimum absolute atomic E-state index is 0.281. The van der Waals surface area contributed by atoms with Gasteiger partial charge < -0.3 is 16.8 Å². The molecule has 2 aromatic carbocycles. The fraction of sp³-hybridized carbons (Fsp3) is 0.250. The zero-order valence-electron chi connectivity index (χ0n) is 14.5. The van der Waals surface area contributed by atoms with Crippen LogP contribution in [0.1, 0.15) is 34.7 Å². The van der Waals surface area contributed by atoms with Crippen molar-refractivity contribution in [3.05, 3.63) is 76.6 Å². The van der Waals surface area contributed by atoms with Gasteiger partial charge in [-0.15, -0.1) is 0 Å². The Hall–Kier alpha value is -2.80. The molecule has 1 aliphatic carbocycles. The van der Waals surface area contributed by atoms with Crippen LogP contribution in [0.4, 0.5) is 18.9 Å². The number of halogens is 3. The summed E-state index contributed by atoms with van der Waals surface area (Å²) in [6.07, 6.45) is 3.01. The van der Waals surface area contributed by atoms with Gasteiger partial charge in [0.15, 0.2) is 17.5 Å². The molecular weight excluding hydrogens is 355 g/mol. The van der Waals surface area contributed by atoms with Crippen LogP contribution < -0.4 is 16.8 Å². The van der Waals surface area contributed by atoms with Crippen LogP contribution in [-0.4, -0.2) is 18.5 Å². The number of carbonyl (C=O) groups excluding carboxylic acids is 1. The first kappa shape index (κ1) is 19.0. The smallest absolute Gasteiger partial charge is 0.248 e. The van der Waals surface area contributed by atoms with E-state index in [1.807, 2.05) is 12.1 Å². The van der Waals surface area contributed by atoms with E-state index in [0.29, 0.717) is 30.5 Å². The van der Waals surface area contributed by atoms with E-state index < -0.39 is 23.4 Å². The van der Waals surface area contributed by atoms with Gasteiger partial charge in [0.1, 0.15) is 0 Å². The van der Waals surface area contributed by atoms with Crippen LogP contribution in [0.2, 0.25) is 0 Å². The van der Waals surface area contributed by atoms with E-state index in [0.717, 1.165) is 23.4 Å². The minimum atomic E-state index is -1.47. The largest absolute Gasteiger partial charge is 0.381 e. The number of primary amides is 1. The summed E-state index contributed by atoms with van der Waals surface area (Å²) in [6, 6.07) is 8.53. The molecule has 2 aromatic rings. The molecule has 27 heavy (non-hydrogen) atoms. The van der Waals surface area contributed by atoms with Gasteiger partial charge >= 0.3 is 0 Å². The number of allylic oxidation sites excluding steroid dienone is 1. The van der Waals surface area contributed by atoms with Gasteiger partial charge in [-0.1, -0.05) is 17.7 Å². The maximum Gasteiger partial charge on any atom is 0.248 e. The van der Waals surface area contributed by atoms with Crippen LogP contribution in [-0.2, 0) is 0 Å². The fourth-order valence-electron chi connectivity index (χ4n) is 3.31. The lowest BCUT2D eigenvalue weighted by atomic mass is 9.81. The Morgan fingerprint density at radius 1 is 1.15 bits per heavy atom. The molecule has 3 rings (SSSR count). The fourth-order valence-corrected chi connectivity index (χ4v) is 3.31. The Bertz CT molecular complexity index is 875. The number of nitrogens with two attached hydrogens (primary N) is 2. The number of rotatable bonds is 5. The van der Waals surface area contributed by atoms with Gasteiger partial charge in [-0.25, -0.2) is 13.2 Å². The van der Waals surface area contributed by atoms with Gasteiger partial charge in [-0.2, -0.15) is 0 Å². The third kappa shape index (κ3) is 4.31. The van der Waals surface area contributed by atoms with Gasteiger partial charge in [0.25, 0.3) is 0 Å². The van der Waals surface area contributed by atoms with Crippen LogP contribution >= 0.6 is 0 Å². The standard InChI is InChI=1S/C20H20F3N3O/c21-16-8-13(9-17(22)19(16)23)15-5-4-11(6-18(15)24)10-26-14-3-1-2-12(7-14)20(25)27/h1-4,7-9,15,18,26H,5-6,10,24H2,(H2,25,27)/t15-,18+/m1/s1. The van der Waals surface area contributed by atoms with Crippen LogP contribution in [0.15, 0.2) is 48.0 Å². The van der Waals surface area contributed by atoms with E-state index in [4.69, 9.17) is 11.5 Å². The number of amides is 1. The molecule has 1 aliphatic rings. The van der Waals surface area contributed by atoms with E-state index in [9.17, 15) is 18.0 Å². The highest BCUT2D eigenvalue weighted by Gasteiger charge is 2.26. The van der Waals surface area contributed by atoms with Crippen molar-refractivity contribution in [2.75, 3.05) is 11.9 Å². The molecule has 0 aliphatic heterocycles. The molecule has 0 bridgehead atoms. The molecular formula is C20H20F3N3O. The third-order valence-electron chi connectivity index (χ3n) is 4.78. The predicted molar refractivity (Wildman–Crippen MR) is 97.8 cm³/mol. The van der Waals surface area contributed by atoms with Gasteiger partial charge in [0, 0.05) is 29.8 Å². The van der Waals surface area contributed by atoms with Crippen molar-refractivity contribution in [1.82, 2.24) is 0 Å². The summed E-state index contributed by atoms with van der Waals surface area (Å²) in [7, 11) is 0. The molecule has 0 heterocycles. The number of benzene rings is 2. The van der Waals surface area contributed by atoms with E-state index in [1.165, 1.54) is 0 Å². The van der Waals surface area contributed by atoms with E-state index in [-0.39, 0.29) is 12.0 Å². The van der Waals surface area contributed by atoms with Crippen LogP contribution in [0, 0.1) is 17.5 Å². The highest BCUT2D eigenvalue weighted by molar-refractivity contribution is 5.93. The zero-order chi connectivity index (χ0) is 19.6. The topological polar surface area (TPSA) is 81.1 Å². The molecule has 0 saturated carbocycles. The van der Waals surface area contributed by atoms with Gasteiger partial charge in [0.05, 0.1) is 0 Å². The second-order valence-corrected chi connectivity index (χ2v) is 6.67. The predicted octanol–water partition coefficient (Wildman–Crippen LogP) is 3.45. The molecule has 1 amide bonds. The second-order valence-electron chi connectivity index (χ2n) is 6.67. The first-order valence-electron chi connectivity index (χ1n) is 8.57. The van der Waals surface area contributed by atoms with Crippen molar-refractivity contribution in [3.63, 3.8) is 0 Å². The number of carbonyl (C=O) groups is 1. The Labute approximate surface area is 155 Å². The first-order valence-corrected chi connectivity index (χ1v) is 8.57. The lowest BCUT2D eigenvalue weighted by molar-refractivity contribution is 0.100. The van der Waals surface area contributed by atoms with Gasteiger partial charge in [0.2, 0.25) is 5.91 Å². The number of nitrogens with one attached hydrogen (secondary N) is 1. The molecule has 5 N–H and O–H groups in total. The third-order valence-corrected chi connectivity index (χ3v) is 4.78. The van der Waals surface area contributed by atoms with E-state index >= 15 is 0 Å². The summed E-state index contributed by atoms with van der Waals surface area (Å²) < 4.78 is 40.1. The summed E-state index contributed by atoms with van der Waals surface area (Å²) in [5.74, 6) is -4.66. The minimum Gasteiger partial charge on any atom is -0.381 e. The number of hydrogen-bond donors (Lipinski definition) is 3. The van der Waals surface area contributed by atoms with E-state index in [2.05, 4.69) is 5.32 Å². The monoisotopic (exact) mass is 375 g/mol. The van der Waals surface area contributed by atoms with Gasteiger partial charge in [-0.05, 0) is 48.7 Å². The van der Waals surface area contributed by atoms with Crippen molar-refractivity contribution in [2.45, 2.75) is 24.8 Å². The molecule has 0 fully saturated rings. The van der Waals surface area contributed by atoms with Crippen molar-refractivity contribution in [2.24, 2.45) is 11.5 Å². The number of hydrogen-bond acceptors (Lipinski definition) is 3. The van der Waals surface area contributed by atoms with Crippen LogP contribution in [0.5, 0.6) is 0 Å². The van der Waals surface area contributed by atoms with Crippen molar-refractivity contribution >= 4 is 11.6 Å². The SMILES string of the molecule is NC(=O)c1cccc(NCC2=CC[C@H](c3cc(F)c(F)c(F)c3)[C@@H](N)C2)c1. The lowest BCUT2D eigenvalue weighted by Gasteiger charge is -2.29. The average Bonchev–Trinajstić information content (AvgIpc) is 2.64. The van der Waals surface area contributed by atoms with Crippen LogP contribution in [0.25, 0.3) is 0 Å². The quantitative estimate of drug-likeness (QED) is 0.553. The maximum atomic E-state index is 13.5.